The molecule has 0 saturated heterocycles. The fourth-order valence-corrected chi connectivity index (χ4v) is 2.56. The highest BCUT2D eigenvalue weighted by molar-refractivity contribution is 6.04. The molecule has 5 heteroatoms. The quantitative estimate of drug-likeness (QED) is 0.593. The van der Waals surface area contributed by atoms with E-state index >= 15 is 0 Å². The lowest BCUT2D eigenvalue weighted by Gasteiger charge is -2.03. The number of rotatable bonds is 2. The molecule has 0 unspecified atom stereocenters. The minimum Gasteiger partial charge on any atom is -0.324 e. The van der Waals surface area contributed by atoms with Crippen molar-refractivity contribution in [3.8, 4) is 0 Å². The molecule has 0 saturated carbocycles. The Kier molecular flexibility index (Phi) is 3.05. The van der Waals surface area contributed by atoms with Gasteiger partial charge >= 0.3 is 0 Å². The van der Waals surface area contributed by atoms with Crippen LogP contribution in [0.3, 0.4) is 0 Å². The number of aromatic nitrogens is 3. The summed E-state index contributed by atoms with van der Waals surface area (Å²) in [6.45, 7) is 2.01. The van der Waals surface area contributed by atoms with Gasteiger partial charge in [0.05, 0.1) is 11.0 Å². The van der Waals surface area contributed by atoms with Gasteiger partial charge in [-0.25, -0.2) is 4.98 Å². The first kappa shape index (κ1) is 13.5. The normalized spacial score (nSPS) is 11.0. The Balaban J connectivity index is 1.64. The average molecular weight is 302 g/mol. The summed E-state index contributed by atoms with van der Waals surface area (Å²) in [5.41, 5.74) is 3.21. The predicted molar refractivity (Wildman–Crippen MR) is 90.5 cm³/mol. The van der Waals surface area contributed by atoms with Gasteiger partial charge in [0.2, 0.25) is 5.95 Å². The van der Waals surface area contributed by atoms with Crippen LogP contribution in [0.1, 0.15) is 16.1 Å². The molecule has 23 heavy (non-hydrogen) atoms. The van der Waals surface area contributed by atoms with Crippen molar-refractivity contribution < 1.29 is 4.79 Å². The van der Waals surface area contributed by atoms with Crippen LogP contribution < -0.4 is 5.32 Å². The molecule has 112 valence electrons. The second kappa shape index (κ2) is 5.21. The first-order chi connectivity index (χ1) is 11.2. The zero-order valence-electron chi connectivity index (χ0n) is 12.5. The molecule has 0 aliphatic heterocycles. The Bertz CT molecular complexity index is 1040. The van der Waals surface area contributed by atoms with Crippen molar-refractivity contribution in [2.75, 3.05) is 5.32 Å². The van der Waals surface area contributed by atoms with E-state index in [0.717, 1.165) is 27.4 Å². The molecule has 0 atom stereocenters. The van der Waals surface area contributed by atoms with Gasteiger partial charge in [0, 0.05) is 11.6 Å². The topological polar surface area (TPSA) is 70.7 Å². The number of aryl methyl sites for hydroxylation is 1. The molecule has 0 spiro atoms. The summed E-state index contributed by atoms with van der Waals surface area (Å²) in [7, 11) is 0. The van der Waals surface area contributed by atoms with E-state index in [1.807, 2.05) is 49.4 Å². The lowest BCUT2D eigenvalue weighted by molar-refractivity contribution is 0.102. The largest absolute Gasteiger partial charge is 0.324 e. The zero-order valence-corrected chi connectivity index (χ0v) is 12.5. The number of imidazole rings is 1. The van der Waals surface area contributed by atoms with Crippen LogP contribution in [0.5, 0.6) is 0 Å². The van der Waals surface area contributed by atoms with Crippen molar-refractivity contribution in [2.45, 2.75) is 6.92 Å². The van der Waals surface area contributed by atoms with Gasteiger partial charge < -0.3 is 4.98 Å². The molecule has 0 aliphatic carbocycles. The van der Waals surface area contributed by atoms with Gasteiger partial charge in [-0.05, 0) is 36.1 Å². The Hall–Kier alpha value is -3.21. The van der Waals surface area contributed by atoms with Crippen LogP contribution in [-0.4, -0.2) is 20.9 Å². The number of hydrogen-bond acceptors (Lipinski definition) is 3. The fraction of sp³-hybridized carbons (Fsp3) is 0.0556. The van der Waals surface area contributed by atoms with Crippen LogP contribution in [0.15, 0.2) is 54.7 Å². The first-order valence-corrected chi connectivity index (χ1v) is 7.31. The van der Waals surface area contributed by atoms with Gasteiger partial charge in [-0.2, -0.15) is 0 Å². The molecule has 0 aliphatic rings. The molecule has 0 fully saturated rings. The van der Waals surface area contributed by atoms with Gasteiger partial charge in [0.1, 0.15) is 5.69 Å². The number of H-pyrrole nitrogens is 1. The van der Waals surface area contributed by atoms with Crippen molar-refractivity contribution in [3.05, 3.63) is 66.0 Å². The van der Waals surface area contributed by atoms with E-state index in [1.165, 1.54) is 0 Å². The summed E-state index contributed by atoms with van der Waals surface area (Å²) < 4.78 is 0. The first-order valence-electron chi connectivity index (χ1n) is 7.31. The highest BCUT2D eigenvalue weighted by atomic mass is 16.2. The van der Waals surface area contributed by atoms with Crippen molar-refractivity contribution in [1.29, 1.82) is 0 Å². The molecule has 2 heterocycles. The third-order valence-electron chi connectivity index (χ3n) is 3.73. The molecule has 5 nitrogen and oxygen atoms in total. The maximum Gasteiger partial charge on any atom is 0.276 e. The number of carbonyl (C=O) groups excluding carboxylic acids is 1. The monoisotopic (exact) mass is 302 g/mol. The van der Waals surface area contributed by atoms with E-state index in [0.29, 0.717) is 11.6 Å². The molecular formula is C18H14N4O. The number of fused-ring (bicyclic) bond motifs is 2. The second-order valence-corrected chi connectivity index (χ2v) is 5.48. The number of hydrogen-bond donors (Lipinski definition) is 2. The number of nitrogens with zero attached hydrogens (tertiary/aromatic N) is 2. The van der Waals surface area contributed by atoms with Crippen LogP contribution in [0.2, 0.25) is 0 Å². The third kappa shape index (κ3) is 2.53. The lowest BCUT2D eigenvalue weighted by Crippen LogP contribution is -2.14. The van der Waals surface area contributed by atoms with Crippen molar-refractivity contribution in [1.82, 2.24) is 15.0 Å². The molecule has 2 aromatic heterocycles. The Labute approximate surface area is 132 Å². The Morgan fingerprint density at radius 1 is 1.09 bits per heavy atom. The number of amides is 1. The SMILES string of the molecule is Cc1ccc2nc(NC(=O)c3cc4ccccc4cn3)[nH]c2c1. The highest BCUT2D eigenvalue weighted by Crippen LogP contribution is 2.17. The fourth-order valence-electron chi connectivity index (χ4n) is 2.56. The average Bonchev–Trinajstić information content (AvgIpc) is 2.95. The van der Waals surface area contributed by atoms with E-state index < -0.39 is 0 Å². The molecule has 0 bridgehead atoms. The second-order valence-electron chi connectivity index (χ2n) is 5.48. The van der Waals surface area contributed by atoms with Gasteiger partial charge in [0.25, 0.3) is 5.91 Å². The van der Waals surface area contributed by atoms with E-state index in [-0.39, 0.29) is 5.91 Å². The van der Waals surface area contributed by atoms with E-state index in [9.17, 15) is 4.79 Å². The van der Waals surface area contributed by atoms with Crippen LogP contribution in [-0.2, 0) is 0 Å². The maximum atomic E-state index is 12.4. The predicted octanol–water partition coefficient (Wildman–Crippen LogP) is 3.67. The summed E-state index contributed by atoms with van der Waals surface area (Å²) in [5.74, 6) is 0.136. The maximum absolute atomic E-state index is 12.4. The van der Waals surface area contributed by atoms with Crippen LogP contribution in [0, 0.1) is 6.92 Å². The molecule has 0 radical (unpaired) electrons. The number of nitrogens with one attached hydrogen (secondary N) is 2. The molecule has 4 rings (SSSR count). The standard InChI is InChI=1S/C18H14N4O/c1-11-6-7-14-15(8-11)21-18(20-14)22-17(23)16-9-12-4-2-3-5-13(12)10-19-16/h2-10H,1H3,(H2,20,21,22,23). The summed E-state index contributed by atoms with van der Waals surface area (Å²) in [6, 6.07) is 15.5. The number of anilines is 1. The molecule has 2 aromatic carbocycles. The Morgan fingerprint density at radius 3 is 2.78 bits per heavy atom. The zero-order chi connectivity index (χ0) is 15.8. The smallest absolute Gasteiger partial charge is 0.276 e. The molecule has 1 amide bonds. The number of carbonyl (C=O) groups is 1. The number of benzene rings is 2. The van der Waals surface area contributed by atoms with Crippen LogP contribution in [0.4, 0.5) is 5.95 Å². The summed E-state index contributed by atoms with van der Waals surface area (Å²) in [5, 5.41) is 4.75. The number of pyridine rings is 1. The van der Waals surface area contributed by atoms with Gasteiger partial charge in [-0.3, -0.25) is 15.1 Å². The van der Waals surface area contributed by atoms with Gasteiger partial charge in [-0.1, -0.05) is 30.3 Å². The number of aromatic amines is 1. The van der Waals surface area contributed by atoms with Gasteiger partial charge in [-0.15, -0.1) is 0 Å². The summed E-state index contributed by atoms with van der Waals surface area (Å²) >= 11 is 0. The van der Waals surface area contributed by atoms with Crippen molar-refractivity contribution in [2.24, 2.45) is 0 Å². The van der Waals surface area contributed by atoms with Crippen molar-refractivity contribution in [3.63, 3.8) is 0 Å². The van der Waals surface area contributed by atoms with E-state index in [2.05, 4.69) is 20.3 Å². The van der Waals surface area contributed by atoms with E-state index in [4.69, 9.17) is 0 Å². The third-order valence-corrected chi connectivity index (χ3v) is 3.73. The lowest BCUT2D eigenvalue weighted by atomic mass is 10.1. The summed E-state index contributed by atoms with van der Waals surface area (Å²) in [6.07, 6.45) is 1.70. The van der Waals surface area contributed by atoms with Crippen LogP contribution in [0.25, 0.3) is 21.8 Å². The highest BCUT2D eigenvalue weighted by Gasteiger charge is 2.11. The summed E-state index contributed by atoms with van der Waals surface area (Å²) in [4.78, 5) is 24.1. The Morgan fingerprint density at radius 2 is 1.91 bits per heavy atom. The van der Waals surface area contributed by atoms with Crippen LogP contribution >= 0.6 is 0 Å². The molecule has 2 N–H and O–H groups in total. The van der Waals surface area contributed by atoms with Crippen molar-refractivity contribution >= 4 is 33.7 Å². The minimum atomic E-state index is -0.286. The van der Waals surface area contributed by atoms with E-state index in [1.54, 1.807) is 12.3 Å². The molecular weight excluding hydrogens is 288 g/mol. The molecule has 4 aromatic rings. The minimum absolute atomic E-state index is 0.286. The van der Waals surface area contributed by atoms with Gasteiger partial charge in [0.15, 0.2) is 0 Å².